The minimum Gasteiger partial charge on any atom is -0.314 e. The Morgan fingerprint density at radius 2 is 1.84 bits per heavy atom. The van der Waals surface area contributed by atoms with Crippen molar-refractivity contribution in [2.24, 2.45) is 11.3 Å². The molecule has 0 radical (unpaired) electrons. The highest BCUT2D eigenvalue weighted by atomic mass is 32.2. The lowest BCUT2D eigenvalue weighted by Crippen LogP contribution is -2.38. The first-order valence-corrected chi connectivity index (χ1v) is 9.09. The Balaban J connectivity index is 2.15. The third kappa shape index (κ3) is 7.28. The second-order valence-corrected chi connectivity index (χ2v) is 8.65. The average molecular weight is 290 g/mol. The van der Waals surface area contributed by atoms with Crippen LogP contribution in [-0.4, -0.2) is 33.3 Å². The third-order valence-electron chi connectivity index (χ3n) is 4.16. The van der Waals surface area contributed by atoms with E-state index in [1.807, 2.05) is 0 Å². The van der Waals surface area contributed by atoms with Crippen molar-refractivity contribution in [3.05, 3.63) is 0 Å². The van der Waals surface area contributed by atoms with E-state index in [9.17, 15) is 8.42 Å². The second kappa shape index (κ2) is 7.04. The van der Waals surface area contributed by atoms with E-state index in [0.717, 1.165) is 19.4 Å². The van der Waals surface area contributed by atoms with Gasteiger partial charge in [-0.2, -0.15) is 0 Å². The molecule has 0 heterocycles. The molecule has 0 aromatic heterocycles. The largest absolute Gasteiger partial charge is 0.314 e. The van der Waals surface area contributed by atoms with E-state index >= 15 is 0 Å². The van der Waals surface area contributed by atoms with E-state index in [1.54, 1.807) is 0 Å². The maximum Gasteiger partial charge on any atom is 0.211 e. The quantitative estimate of drug-likeness (QED) is 0.606. The van der Waals surface area contributed by atoms with Gasteiger partial charge in [0.15, 0.2) is 0 Å². The summed E-state index contributed by atoms with van der Waals surface area (Å²) in [6, 6.07) is 0.710. The van der Waals surface area contributed by atoms with E-state index in [-0.39, 0.29) is 11.2 Å². The first kappa shape index (κ1) is 16.9. The molecule has 19 heavy (non-hydrogen) atoms. The lowest BCUT2D eigenvalue weighted by atomic mass is 9.81. The van der Waals surface area contributed by atoms with Crippen molar-refractivity contribution in [1.82, 2.24) is 10.0 Å². The van der Waals surface area contributed by atoms with Gasteiger partial charge in [0.1, 0.15) is 0 Å². The van der Waals surface area contributed by atoms with Crippen molar-refractivity contribution in [2.45, 2.75) is 59.4 Å². The van der Waals surface area contributed by atoms with Gasteiger partial charge in [0.05, 0.1) is 5.75 Å². The zero-order valence-corrected chi connectivity index (χ0v) is 13.6. The topological polar surface area (TPSA) is 58.2 Å². The fourth-order valence-corrected chi connectivity index (χ4v) is 2.90. The van der Waals surface area contributed by atoms with Gasteiger partial charge >= 0.3 is 0 Å². The Labute approximate surface area is 118 Å². The van der Waals surface area contributed by atoms with E-state index in [4.69, 9.17) is 0 Å². The highest BCUT2D eigenvalue weighted by Gasteiger charge is 2.24. The molecular weight excluding hydrogens is 260 g/mol. The summed E-state index contributed by atoms with van der Waals surface area (Å²) >= 11 is 0. The summed E-state index contributed by atoms with van der Waals surface area (Å²) in [5.74, 6) is 0.700. The predicted octanol–water partition coefficient (Wildman–Crippen LogP) is 2.12. The molecule has 0 aromatic rings. The monoisotopic (exact) mass is 290 g/mol. The van der Waals surface area contributed by atoms with Gasteiger partial charge in [-0.15, -0.1) is 0 Å². The summed E-state index contributed by atoms with van der Waals surface area (Å²) in [4.78, 5) is 0. The Hall–Kier alpha value is -0.130. The van der Waals surface area contributed by atoms with E-state index in [2.05, 4.69) is 37.7 Å². The number of hydrogen-bond donors (Lipinski definition) is 2. The molecule has 1 saturated carbocycles. The molecule has 1 aliphatic rings. The van der Waals surface area contributed by atoms with Crippen molar-refractivity contribution < 1.29 is 8.42 Å². The van der Waals surface area contributed by atoms with Crippen LogP contribution in [0.4, 0.5) is 0 Å². The Morgan fingerprint density at radius 1 is 1.21 bits per heavy atom. The van der Waals surface area contributed by atoms with Crippen LogP contribution in [0, 0.1) is 11.3 Å². The summed E-state index contributed by atoms with van der Waals surface area (Å²) in [7, 11) is -3.11. The Kier molecular flexibility index (Phi) is 6.27. The zero-order chi connectivity index (χ0) is 14.5. The normalized spacial score (nSPS) is 17.1. The molecule has 0 aromatic carbocycles. The van der Waals surface area contributed by atoms with Gasteiger partial charge < -0.3 is 5.32 Å². The first-order valence-electron chi connectivity index (χ1n) is 7.44. The van der Waals surface area contributed by atoms with Crippen LogP contribution in [0.2, 0.25) is 0 Å². The minimum atomic E-state index is -3.11. The standard InChI is InChI=1S/C14H30N2O2S/c1-12(2)14(3,4)11-16-19(17,18)10-6-5-9-15-13-7-8-13/h12-13,15-16H,5-11H2,1-4H3. The smallest absolute Gasteiger partial charge is 0.211 e. The lowest BCUT2D eigenvalue weighted by Gasteiger charge is -2.29. The maximum absolute atomic E-state index is 11.9. The van der Waals surface area contributed by atoms with Crippen LogP contribution in [0.3, 0.4) is 0 Å². The van der Waals surface area contributed by atoms with Gasteiger partial charge in [0, 0.05) is 12.6 Å². The van der Waals surface area contributed by atoms with Crippen molar-refractivity contribution in [1.29, 1.82) is 0 Å². The molecule has 114 valence electrons. The molecule has 1 aliphatic carbocycles. The van der Waals surface area contributed by atoms with Crippen LogP contribution in [0.5, 0.6) is 0 Å². The van der Waals surface area contributed by atoms with Crippen LogP contribution in [0.25, 0.3) is 0 Å². The van der Waals surface area contributed by atoms with Gasteiger partial charge in [-0.1, -0.05) is 27.7 Å². The predicted molar refractivity (Wildman–Crippen MR) is 80.7 cm³/mol. The van der Waals surface area contributed by atoms with Gasteiger partial charge in [-0.05, 0) is 43.6 Å². The van der Waals surface area contributed by atoms with E-state index < -0.39 is 10.0 Å². The van der Waals surface area contributed by atoms with Gasteiger partial charge in [0.25, 0.3) is 0 Å². The molecule has 1 rings (SSSR count). The molecule has 1 fully saturated rings. The van der Waals surface area contributed by atoms with E-state index in [1.165, 1.54) is 12.8 Å². The third-order valence-corrected chi connectivity index (χ3v) is 5.57. The van der Waals surface area contributed by atoms with Gasteiger partial charge in [0.2, 0.25) is 10.0 Å². The molecule has 0 saturated heterocycles. The zero-order valence-electron chi connectivity index (χ0n) is 12.8. The van der Waals surface area contributed by atoms with Crippen molar-refractivity contribution in [3.63, 3.8) is 0 Å². The SMILES string of the molecule is CC(C)C(C)(C)CNS(=O)(=O)CCCCNC1CC1. The molecule has 4 nitrogen and oxygen atoms in total. The molecule has 0 atom stereocenters. The molecule has 0 spiro atoms. The molecule has 2 N–H and O–H groups in total. The summed E-state index contributed by atoms with van der Waals surface area (Å²) in [5, 5.41) is 3.40. The molecule has 0 amide bonds. The van der Waals surface area contributed by atoms with Crippen molar-refractivity contribution >= 4 is 10.0 Å². The maximum atomic E-state index is 11.9. The minimum absolute atomic E-state index is 0.000594. The fourth-order valence-electron chi connectivity index (χ4n) is 1.58. The van der Waals surface area contributed by atoms with Crippen LogP contribution in [0.15, 0.2) is 0 Å². The number of hydrogen-bond acceptors (Lipinski definition) is 3. The average Bonchev–Trinajstić information content (AvgIpc) is 3.10. The molecule has 5 heteroatoms. The van der Waals surface area contributed by atoms with Crippen LogP contribution in [0.1, 0.15) is 53.4 Å². The number of nitrogens with one attached hydrogen (secondary N) is 2. The molecule has 0 unspecified atom stereocenters. The van der Waals surface area contributed by atoms with Crippen LogP contribution in [-0.2, 0) is 10.0 Å². The summed E-state index contributed by atoms with van der Waals surface area (Å²) < 4.78 is 26.5. The second-order valence-electron chi connectivity index (χ2n) is 6.72. The highest BCUT2D eigenvalue weighted by Crippen LogP contribution is 2.24. The highest BCUT2D eigenvalue weighted by molar-refractivity contribution is 7.89. The number of rotatable bonds is 10. The molecule has 0 bridgehead atoms. The van der Waals surface area contributed by atoms with E-state index in [0.29, 0.717) is 18.5 Å². The summed E-state index contributed by atoms with van der Waals surface area (Å²) in [5.41, 5.74) is 0.000594. The molecular formula is C14H30N2O2S. The van der Waals surface area contributed by atoms with Crippen LogP contribution < -0.4 is 10.0 Å². The van der Waals surface area contributed by atoms with Gasteiger partial charge in [-0.3, -0.25) is 0 Å². The Morgan fingerprint density at radius 3 is 2.37 bits per heavy atom. The van der Waals surface area contributed by atoms with Crippen molar-refractivity contribution in [2.75, 3.05) is 18.8 Å². The Bertz CT molecular complexity index is 360. The number of unbranched alkanes of at least 4 members (excludes halogenated alkanes) is 1. The lowest BCUT2D eigenvalue weighted by molar-refractivity contribution is 0.252. The number of sulfonamides is 1. The first-order chi connectivity index (χ1) is 8.73. The van der Waals surface area contributed by atoms with Crippen LogP contribution >= 0.6 is 0 Å². The molecule has 0 aliphatic heterocycles. The van der Waals surface area contributed by atoms with Gasteiger partial charge in [-0.25, -0.2) is 13.1 Å². The fraction of sp³-hybridized carbons (Fsp3) is 1.00. The summed E-state index contributed by atoms with van der Waals surface area (Å²) in [6.45, 7) is 9.90. The summed E-state index contributed by atoms with van der Waals surface area (Å²) in [6.07, 6.45) is 4.23. The van der Waals surface area contributed by atoms with Crippen molar-refractivity contribution in [3.8, 4) is 0 Å².